The lowest BCUT2D eigenvalue weighted by Gasteiger charge is -2.18. The molecule has 0 aliphatic heterocycles. The number of esters is 1. The van der Waals surface area contributed by atoms with Crippen LogP contribution in [0.4, 0.5) is 0 Å². The van der Waals surface area contributed by atoms with Crippen LogP contribution in [-0.2, 0) is 9.53 Å². The summed E-state index contributed by atoms with van der Waals surface area (Å²) in [6.07, 6.45) is 7.62. The number of benzene rings is 1. The van der Waals surface area contributed by atoms with E-state index in [1.165, 1.54) is 19.3 Å². The largest absolute Gasteiger partial charge is 0.457 e. The fraction of sp³-hybridized carbons (Fsp3) is 0.529. The zero-order valence-corrected chi connectivity index (χ0v) is 13.7. The molecule has 0 radical (unpaired) electrons. The molecule has 0 amide bonds. The van der Waals surface area contributed by atoms with Crippen molar-refractivity contribution in [1.82, 2.24) is 0 Å². The number of ether oxygens (including phenoxy) is 1. The first kappa shape index (κ1) is 16.2. The molecule has 3 nitrogen and oxygen atoms in total. The Balaban J connectivity index is 1.82. The second-order valence-corrected chi connectivity index (χ2v) is 6.50. The van der Waals surface area contributed by atoms with Gasteiger partial charge in [-0.1, -0.05) is 60.2 Å². The van der Waals surface area contributed by atoms with Crippen LogP contribution in [0.5, 0.6) is 0 Å². The van der Waals surface area contributed by atoms with Crippen molar-refractivity contribution >= 4 is 27.7 Å². The fourth-order valence-electron chi connectivity index (χ4n) is 2.67. The lowest BCUT2D eigenvalue weighted by molar-refractivity contribution is -0.148. The molecule has 0 unspecified atom stereocenters. The molecule has 0 saturated heterocycles. The topological polar surface area (TPSA) is 43.4 Å². The van der Waals surface area contributed by atoms with Crippen LogP contribution < -0.4 is 0 Å². The molecule has 0 spiro atoms. The second-order valence-electron chi connectivity index (χ2n) is 5.58. The van der Waals surface area contributed by atoms with Crippen molar-refractivity contribution in [3.63, 3.8) is 0 Å². The van der Waals surface area contributed by atoms with Crippen LogP contribution in [0.3, 0.4) is 0 Å². The number of rotatable bonds is 4. The van der Waals surface area contributed by atoms with Crippen molar-refractivity contribution in [3.8, 4) is 0 Å². The molecule has 1 fully saturated rings. The van der Waals surface area contributed by atoms with Crippen molar-refractivity contribution in [2.24, 2.45) is 5.92 Å². The van der Waals surface area contributed by atoms with Crippen LogP contribution in [0.15, 0.2) is 28.7 Å². The third-order valence-corrected chi connectivity index (χ3v) is 4.48. The summed E-state index contributed by atoms with van der Waals surface area (Å²) in [6.45, 7) is -0.156. The van der Waals surface area contributed by atoms with Gasteiger partial charge >= 0.3 is 5.97 Å². The minimum absolute atomic E-state index is 0.0250. The Morgan fingerprint density at radius 2 is 1.57 bits per heavy atom. The third-order valence-electron chi connectivity index (χ3n) is 3.95. The number of carbonyl (C=O) groups is 2. The van der Waals surface area contributed by atoms with Crippen LogP contribution in [0, 0.1) is 5.92 Å². The summed E-state index contributed by atoms with van der Waals surface area (Å²) >= 11 is 3.33. The third kappa shape index (κ3) is 5.27. The first-order valence-electron chi connectivity index (χ1n) is 7.62. The van der Waals surface area contributed by atoms with E-state index in [1.807, 2.05) is 12.1 Å². The van der Waals surface area contributed by atoms with Gasteiger partial charge in [-0.3, -0.25) is 9.59 Å². The smallest absolute Gasteiger partial charge is 0.309 e. The van der Waals surface area contributed by atoms with Gasteiger partial charge in [-0.2, -0.15) is 0 Å². The van der Waals surface area contributed by atoms with E-state index in [-0.39, 0.29) is 24.3 Å². The Morgan fingerprint density at radius 3 is 2.19 bits per heavy atom. The average molecular weight is 353 g/mol. The quantitative estimate of drug-likeness (QED) is 0.590. The SMILES string of the molecule is O=C(COC(=O)C1CCCCCCC1)c1ccc(Br)cc1. The van der Waals surface area contributed by atoms with E-state index in [0.717, 1.165) is 30.2 Å². The monoisotopic (exact) mass is 352 g/mol. The van der Waals surface area contributed by atoms with Crippen molar-refractivity contribution in [3.05, 3.63) is 34.3 Å². The molecule has 1 aromatic rings. The maximum atomic E-state index is 12.1. The Morgan fingerprint density at radius 1 is 1.00 bits per heavy atom. The van der Waals surface area contributed by atoms with Gasteiger partial charge in [0.1, 0.15) is 0 Å². The van der Waals surface area contributed by atoms with Crippen molar-refractivity contribution in [1.29, 1.82) is 0 Å². The molecule has 21 heavy (non-hydrogen) atoms. The highest BCUT2D eigenvalue weighted by Gasteiger charge is 2.21. The van der Waals surface area contributed by atoms with Gasteiger partial charge in [0, 0.05) is 10.0 Å². The summed E-state index contributed by atoms with van der Waals surface area (Å²) in [5.74, 6) is -0.382. The van der Waals surface area contributed by atoms with E-state index in [0.29, 0.717) is 5.56 Å². The molecule has 0 bridgehead atoms. The van der Waals surface area contributed by atoms with Gasteiger partial charge in [0.25, 0.3) is 0 Å². The average Bonchev–Trinajstić information content (AvgIpc) is 2.45. The molecular weight excluding hydrogens is 332 g/mol. The van der Waals surface area contributed by atoms with Crippen LogP contribution in [0.2, 0.25) is 0 Å². The van der Waals surface area contributed by atoms with Crippen molar-refractivity contribution in [2.45, 2.75) is 44.9 Å². The Bertz CT molecular complexity index is 473. The van der Waals surface area contributed by atoms with E-state index in [4.69, 9.17) is 4.74 Å². The molecule has 114 valence electrons. The summed E-state index contributed by atoms with van der Waals surface area (Å²) in [5, 5.41) is 0. The van der Waals surface area contributed by atoms with E-state index in [2.05, 4.69) is 15.9 Å². The summed E-state index contributed by atoms with van der Waals surface area (Å²) in [7, 11) is 0. The van der Waals surface area contributed by atoms with Gasteiger partial charge in [-0.05, 0) is 25.0 Å². The minimum Gasteiger partial charge on any atom is -0.457 e. The summed E-state index contributed by atoms with van der Waals surface area (Å²) < 4.78 is 6.15. The van der Waals surface area contributed by atoms with Gasteiger partial charge < -0.3 is 4.74 Å². The van der Waals surface area contributed by atoms with Crippen LogP contribution in [0.25, 0.3) is 0 Å². The molecule has 2 rings (SSSR count). The van der Waals surface area contributed by atoms with Gasteiger partial charge in [-0.25, -0.2) is 0 Å². The predicted molar refractivity (Wildman–Crippen MR) is 85.2 cm³/mol. The van der Waals surface area contributed by atoms with E-state index in [1.54, 1.807) is 12.1 Å². The molecule has 0 aromatic heterocycles. The van der Waals surface area contributed by atoms with E-state index < -0.39 is 0 Å². The zero-order chi connectivity index (χ0) is 15.1. The molecule has 0 heterocycles. The Labute approximate surface area is 134 Å². The molecule has 0 N–H and O–H groups in total. The lowest BCUT2D eigenvalue weighted by Crippen LogP contribution is -2.22. The zero-order valence-electron chi connectivity index (χ0n) is 12.1. The number of Topliss-reactive ketones (excluding diaryl/α,β-unsaturated/α-hetero) is 1. The second kappa shape index (κ2) is 8.32. The number of hydrogen-bond acceptors (Lipinski definition) is 3. The highest BCUT2D eigenvalue weighted by Crippen LogP contribution is 2.23. The molecule has 4 heteroatoms. The number of carbonyl (C=O) groups excluding carboxylic acids is 2. The maximum Gasteiger partial charge on any atom is 0.309 e. The highest BCUT2D eigenvalue weighted by atomic mass is 79.9. The number of halogens is 1. The molecule has 1 aliphatic carbocycles. The molecule has 0 atom stereocenters. The Hall–Kier alpha value is -1.16. The standard InChI is InChI=1S/C17H21BrO3/c18-15-10-8-13(9-11-15)16(19)12-21-17(20)14-6-4-2-1-3-5-7-14/h8-11,14H,1-7,12H2. The van der Waals surface area contributed by atoms with Gasteiger partial charge in [-0.15, -0.1) is 0 Å². The maximum absolute atomic E-state index is 12.1. The summed E-state index contributed by atoms with van der Waals surface area (Å²) in [5.41, 5.74) is 0.573. The molecule has 1 aromatic carbocycles. The fourth-order valence-corrected chi connectivity index (χ4v) is 2.93. The highest BCUT2D eigenvalue weighted by molar-refractivity contribution is 9.10. The van der Waals surface area contributed by atoms with Gasteiger partial charge in [0.15, 0.2) is 12.4 Å². The van der Waals surface area contributed by atoms with Gasteiger partial charge in [0.05, 0.1) is 5.92 Å². The van der Waals surface area contributed by atoms with Crippen molar-refractivity contribution < 1.29 is 14.3 Å². The van der Waals surface area contributed by atoms with Gasteiger partial charge in [0.2, 0.25) is 0 Å². The first-order valence-corrected chi connectivity index (χ1v) is 8.41. The predicted octanol–water partition coefficient (Wildman–Crippen LogP) is 4.54. The first-order chi connectivity index (χ1) is 10.2. The molecular formula is C17H21BrO3. The van der Waals surface area contributed by atoms with Crippen LogP contribution >= 0.6 is 15.9 Å². The number of ketones is 1. The minimum atomic E-state index is -0.206. The normalized spacial score (nSPS) is 16.8. The molecule has 1 aliphatic rings. The van der Waals surface area contributed by atoms with Crippen LogP contribution in [0.1, 0.15) is 55.3 Å². The van der Waals surface area contributed by atoms with Crippen LogP contribution in [-0.4, -0.2) is 18.4 Å². The lowest BCUT2D eigenvalue weighted by atomic mass is 9.91. The molecule has 1 saturated carbocycles. The van der Waals surface area contributed by atoms with Crippen molar-refractivity contribution in [2.75, 3.05) is 6.61 Å². The summed E-state index contributed by atoms with van der Waals surface area (Å²) in [4.78, 5) is 24.0. The van der Waals surface area contributed by atoms with E-state index in [9.17, 15) is 9.59 Å². The summed E-state index contributed by atoms with van der Waals surface area (Å²) in [6, 6.07) is 7.08. The Kier molecular flexibility index (Phi) is 6.43. The van der Waals surface area contributed by atoms with E-state index >= 15 is 0 Å². The number of hydrogen-bond donors (Lipinski definition) is 0.